The van der Waals surface area contributed by atoms with E-state index < -0.39 is 0 Å². The maximum atomic E-state index is 11.0. The summed E-state index contributed by atoms with van der Waals surface area (Å²) >= 11 is 3.24. The Bertz CT molecular complexity index is 167. The van der Waals surface area contributed by atoms with Crippen molar-refractivity contribution >= 4 is 21.9 Å². The van der Waals surface area contributed by atoms with Crippen LogP contribution >= 0.6 is 15.9 Å². The van der Waals surface area contributed by atoms with E-state index in [-0.39, 0.29) is 10.8 Å². The zero-order valence-electron chi connectivity index (χ0n) is 9.05. The summed E-state index contributed by atoms with van der Waals surface area (Å²) in [5.74, 6) is -0.235. The third-order valence-electron chi connectivity index (χ3n) is 1.99. The Kier molecular flexibility index (Phi) is 8.12. The average molecular weight is 267 g/mol. The number of likely N-dealkylation sites (N-methyl/N-ethyl adjacent to an activating group) is 1. The fourth-order valence-electron chi connectivity index (χ4n) is 0.868. The Morgan fingerprint density at radius 2 is 2.29 bits per heavy atom. The molecule has 0 fully saturated rings. The van der Waals surface area contributed by atoms with E-state index in [1.807, 2.05) is 0 Å². The minimum absolute atomic E-state index is 0.235. The maximum Gasteiger partial charge on any atom is 0.320 e. The second-order valence-corrected chi connectivity index (χ2v) is 4.20. The molecule has 0 aromatic rings. The van der Waals surface area contributed by atoms with Crippen molar-refractivity contribution in [1.82, 2.24) is 10.2 Å². The normalized spacial score (nSPS) is 12.9. The molecule has 14 heavy (non-hydrogen) atoms. The molecule has 0 bridgehead atoms. The predicted octanol–water partition coefficient (Wildman–Crippen LogP) is 0.464. The van der Waals surface area contributed by atoms with Gasteiger partial charge in [-0.1, -0.05) is 22.9 Å². The van der Waals surface area contributed by atoms with Crippen molar-refractivity contribution < 1.29 is 9.53 Å². The third-order valence-corrected chi connectivity index (χ3v) is 2.69. The monoisotopic (exact) mass is 266 g/mol. The van der Waals surface area contributed by atoms with Crippen molar-refractivity contribution in [2.45, 2.75) is 11.8 Å². The Balaban J connectivity index is 3.40. The average Bonchev–Trinajstić information content (AvgIpc) is 2.22. The van der Waals surface area contributed by atoms with Gasteiger partial charge in [-0.25, -0.2) is 0 Å². The summed E-state index contributed by atoms with van der Waals surface area (Å²) in [4.78, 5) is 12.9. The van der Waals surface area contributed by atoms with Crippen LogP contribution in [0.3, 0.4) is 0 Å². The Morgan fingerprint density at radius 1 is 1.64 bits per heavy atom. The molecule has 0 spiro atoms. The molecule has 5 heteroatoms. The van der Waals surface area contributed by atoms with Gasteiger partial charge in [-0.3, -0.25) is 4.79 Å². The molecule has 0 heterocycles. The highest BCUT2D eigenvalue weighted by molar-refractivity contribution is 9.10. The molecule has 0 saturated carbocycles. The SMILES string of the molecule is CCN(C)CCNCC(Br)C(=O)OC. The first-order valence-corrected chi connectivity index (χ1v) is 5.64. The summed E-state index contributed by atoms with van der Waals surface area (Å²) in [6.07, 6.45) is 0. The molecule has 0 amide bonds. The van der Waals surface area contributed by atoms with Crippen LogP contribution in [0.2, 0.25) is 0 Å². The molecule has 0 aromatic carbocycles. The number of carbonyl (C=O) groups excluding carboxylic acids is 1. The minimum Gasteiger partial charge on any atom is -0.468 e. The lowest BCUT2D eigenvalue weighted by atomic mass is 10.4. The standard InChI is InChI=1S/C9H19BrN2O2/c1-4-12(2)6-5-11-7-8(10)9(13)14-3/h8,11H,4-7H2,1-3H3. The van der Waals surface area contributed by atoms with Crippen molar-refractivity contribution in [1.29, 1.82) is 0 Å². The highest BCUT2D eigenvalue weighted by atomic mass is 79.9. The van der Waals surface area contributed by atoms with Crippen LogP contribution in [0.25, 0.3) is 0 Å². The second-order valence-electron chi connectivity index (χ2n) is 3.09. The molecule has 1 N–H and O–H groups in total. The van der Waals surface area contributed by atoms with Gasteiger partial charge in [0.1, 0.15) is 4.83 Å². The van der Waals surface area contributed by atoms with E-state index in [1.54, 1.807) is 0 Å². The number of hydrogen-bond donors (Lipinski definition) is 1. The van der Waals surface area contributed by atoms with Crippen molar-refractivity contribution in [2.75, 3.05) is 40.3 Å². The lowest BCUT2D eigenvalue weighted by Crippen LogP contribution is -2.34. The van der Waals surface area contributed by atoms with Gasteiger partial charge in [0.05, 0.1) is 7.11 Å². The number of halogens is 1. The Labute approximate surface area is 94.1 Å². The van der Waals surface area contributed by atoms with Gasteiger partial charge < -0.3 is 15.0 Å². The molecule has 1 atom stereocenters. The summed E-state index contributed by atoms with van der Waals surface area (Å²) < 4.78 is 4.58. The molecular weight excluding hydrogens is 248 g/mol. The van der Waals surface area contributed by atoms with Crippen molar-refractivity contribution in [3.05, 3.63) is 0 Å². The lowest BCUT2D eigenvalue weighted by molar-refractivity contribution is -0.139. The summed E-state index contributed by atoms with van der Waals surface area (Å²) in [7, 11) is 3.45. The van der Waals surface area contributed by atoms with Gasteiger partial charge in [-0.15, -0.1) is 0 Å². The van der Waals surface area contributed by atoms with Gasteiger partial charge in [-0.2, -0.15) is 0 Å². The van der Waals surface area contributed by atoms with Gasteiger partial charge in [-0.05, 0) is 13.6 Å². The number of alkyl halides is 1. The minimum atomic E-state index is -0.251. The van der Waals surface area contributed by atoms with Crippen LogP contribution in [0.5, 0.6) is 0 Å². The first-order chi connectivity index (χ1) is 6.61. The lowest BCUT2D eigenvalue weighted by Gasteiger charge is -2.14. The van der Waals surface area contributed by atoms with Gasteiger partial charge >= 0.3 is 5.97 Å². The molecule has 0 aliphatic rings. The van der Waals surface area contributed by atoms with Gasteiger partial charge in [0.2, 0.25) is 0 Å². The molecule has 0 aliphatic heterocycles. The molecule has 0 aliphatic carbocycles. The summed E-state index contributed by atoms with van der Waals surface area (Å²) in [5, 5.41) is 3.18. The number of carbonyl (C=O) groups is 1. The van der Waals surface area contributed by atoms with Crippen molar-refractivity contribution in [2.24, 2.45) is 0 Å². The smallest absolute Gasteiger partial charge is 0.320 e. The largest absolute Gasteiger partial charge is 0.468 e. The van der Waals surface area contributed by atoms with E-state index in [2.05, 4.69) is 44.9 Å². The number of nitrogens with one attached hydrogen (secondary N) is 1. The number of nitrogens with zero attached hydrogens (tertiary/aromatic N) is 1. The van der Waals surface area contributed by atoms with E-state index in [1.165, 1.54) is 7.11 Å². The molecule has 1 unspecified atom stereocenters. The van der Waals surface area contributed by atoms with Crippen LogP contribution in [0.1, 0.15) is 6.92 Å². The number of ether oxygens (including phenoxy) is 1. The van der Waals surface area contributed by atoms with Crippen LogP contribution in [-0.2, 0) is 9.53 Å². The van der Waals surface area contributed by atoms with Crippen LogP contribution < -0.4 is 5.32 Å². The van der Waals surface area contributed by atoms with E-state index in [0.29, 0.717) is 6.54 Å². The van der Waals surface area contributed by atoms with E-state index in [4.69, 9.17) is 0 Å². The molecule has 0 aromatic heterocycles. The van der Waals surface area contributed by atoms with Gasteiger partial charge in [0.15, 0.2) is 0 Å². The molecular formula is C9H19BrN2O2. The van der Waals surface area contributed by atoms with Crippen LogP contribution in [0, 0.1) is 0 Å². The van der Waals surface area contributed by atoms with Crippen LogP contribution in [0.4, 0.5) is 0 Å². The second kappa shape index (κ2) is 8.20. The highest BCUT2D eigenvalue weighted by Gasteiger charge is 2.13. The summed E-state index contributed by atoms with van der Waals surface area (Å²) in [6.45, 7) is 5.61. The topological polar surface area (TPSA) is 41.6 Å². The zero-order valence-corrected chi connectivity index (χ0v) is 10.6. The molecule has 0 radical (unpaired) electrons. The van der Waals surface area contributed by atoms with Crippen LogP contribution in [-0.4, -0.2) is 56.0 Å². The quantitative estimate of drug-likeness (QED) is 0.413. The number of methoxy groups -OCH3 is 1. The van der Waals surface area contributed by atoms with Crippen LogP contribution in [0.15, 0.2) is 0 Å². The van der Waals surface area contributed by atoms with E-state index in [9.17, 15) is 4.79 Å². The maximum absolute atomic E-state index is 11.0. The zero-order chi connectivity index (χ0) is 11.0. The molecule has 0 rings (SSSR count). The molecule has 0 saturated heterocycles. The highest BCUT2D eigenvalue weighted by Crippen LogP contribution is 1.99. The number of esters is 1. The summed E-state index contributed by atoms with van der Waals surface area (Å²) in [6, 6.07) is 0. The fraction of sp³-hybridized carbons (Fsp3) is 0.889. The Morgan fingerprint density at radius 3 is 2.79 bits per heavy atom. The predicted molar refractivity (Wildman–Crippen MR) is 60.8 cm³/mol. The van der Waals surface area contributed by atoms with Crippen molar-refractivity contribution in [3.8, 4) is 0 Å². The summed E-state index contributed by atoms with van der Waals surface area (Å²) in [5.41, 5.74) is 0. The Hall–Kier alpha value is -0.130. The first kappa shape index (κ1) is 13.9. The van der Waals surface area contributed by atoms with Gasteiger partial charge in [0, 0.05) is 19.6 Å². The van der Waals surface area contributed by atoms with E-state index in [0.717, 1.165) is 19.6 Å². The van der Waals surface area contributed by atoms with E-state index >= 15 is 0 Å². The third kappa shape index (κ3) is 6.34. The number of rotatable bonds is 7. The first-order valence-electron chi connectivity index (χ1n) is 4.73. The fourth-order valence-corrected chi connectivity index (χ4v) is 1.28. The number of hydrogen-bond acceptors (Lipinski definition) is 4. The van der Waals surface area contributed by atoms with Crippen molar-refractivity contribution in [3.63, 3.8) is 0 Å². The van der Waals surface area contributed by atoms with Gasteiger partial charge in [0.25, 0.3) is 0 Å². The molecule has 84 valence electrons. The molecule has 4 nitrogen and oxygen atoms in total.